The number of amides is 1. The van der Waals surface area contributed by atoms with Gasteiger partial charge in [0.2, 0.25) is 6.41 Å². The van der Waals surface area contributed by atoms with Crippen LogP contribution in [0.5, 0.6) is 0 Å². The van der Waals surface area contributed by atoms with E-state index in [1.165, 1.54) is 0 Å². The number of carbonyl (C=O) groups excluding carboxylic acids is 1. The molecule has 2 aromatic rings. The summed E-state index contributed by atoms with van der Waals surface area (Å²) in [7, 11) is 0. The number of anilines is 1. The maximum Gasteiger partial charge on any atom is 0.210 e. The Morgan fingerprint density at radius 2 is 2.30 bits per heavy atom. The van der Waals surface area contributed by atoms with Gasteiger partial charge in [-0.05, 0) is 73.5 Å². The van der Waals surface area contributed by atoms with Crippen LogP contribution in [-0.2, 0) is 17.9 Å². The van der Waals surface area contributed by atoms with E-state index in [9.17, 15) is 4.79 Å². The van der Waals surface area contributed by atoms with E-state index >= 15 is 0 Å². The molecular weight excluding hydrogens is 364 g/mol. The van der Waals surface area contributed by atoms with Crippen molar-refractivity contribution in [1.82, 2.24) is 30.1 Å². The van der Waals surface area contributed by atoms with Gasteiger partial charge in [0.15, 0.2) is 5.82 Å². The number of aryl methyl sites for hydroxylation is 1. The Kier molecular flexibility index (Phi) is 6.27. The number of rotatable bonds is 9. The fraction of sp³-hybridized carbons (Fsp3) is 0.588. The van der Waals surface area contributed by atoms with Crippen molar-refractivity contribution in [3.8, 4) is 0 Å². The highest BCUT2D eigenvalue weighted by Gasteiger charge is 2.36. The minimum Gasteiger partial charge on any atom is -0.363 e. The summed E-state index contributed by atoms with van der Waals surface area (Å²) in [4.78, 5) is 17.5. The van der Waals surface area contributed by atoms with Crippen molar-refractivity contribution in [2.24, 2.45) is 11.1 Å². The lowest BCUT2D eigenvalue weighted by Gasteiger charge is -2.27. The molecule has 0 bridgehead atoms. The molecule has 1 aliphatic rings. The molecule has 0 aromatic carbocycles. The number of pyridine rings is 1. The first-order chi connectivity index (χ1) is 13.0. The highest BCUT2D eigenvalue weighted by atomic mass is 32.2. The van der Waals surface area contributed by atoms with Gasteiger partial charge in [-0.3, -0.25) is 9.93 Å². The van der Waals surface area contributed by atoms with Gasteiger partial charge in [0.05, 0.1) is 6.54 Å². The lowest BCUT2D eigenvalue weighted by molar-refractivity contribution is -0.120. The first-order valence-electron chi connectivity index (χ1n) is 9.06. The quantitative estimate of drug-likeness (QED) is 0.491. The number of carbonyl (C=O) groups is 1. The standard InChI is InChI=1S/C17H26N8OS/c1-17(2)9-13(11-24(17)12-26)5-4-8-25-15(21-22-23-25)10-19-14-6-3-7-16(20-14)27-18/h3,6-7,12-13H,4-5,8-11,18H2,1-2H3,(H,19,20). The Bertz CT molecular complexity index is 765. The lowest BCUT2D eigenvalue weighted by atomic mass is 9.93. The molecule has 1 aliphatic heterocycles. The molecule has 1 atom stereocenters. The SMILES string of the molecule is CC1(C)CC(CCCn2nnnc2CNc2cccc(SN)n2)CN1C=O. The van der Waals surface area contributed by atoms with E-state index in [-0.39, 0.29) is 5.54 Å². The average Bonchev–Trinajstić information content (AvgIpc) is 3.23. The van der Waals surface area contributed by atoms with Gasteiger partial charge in [0.25, 0.3) is 0 Å². The lowest BCUT2D eigenvalue weighted by Crippen LogP contribution is -2.36. The number of hydrogen-bond acceptors (Lipinski definition) is 8. The molecule has 3 heterocycles. The average molecular weight is 391 g/mol. The second-order valence-electron chi connectivity index (χ2n) is 7.43. The molecule has 9 nitrogen and oxygen atoms in total. The van der Waals surface area contributed by atoms with Crippen molar-refractivity contribution in [1.29, 1.82) is 0 Å². The molecular formula is C17H26N8OS. The van der Waals surface area contributed by atoms with Gasteiger partial charge < -0.3 is 10.2 Å². The van der Waals surface area contributed by atoms with Crippen LogP contribution in [-0.4, -0.2) is 48.6 Å². The predicted molar refractivity (Wildman–Crippen MR) is 104 cm³/mol. The Labute approximate surface area is 163 Å². The topological polar surface area (TPSA) is 115 Å². The van der Waals surface area contributed by atoms with Gasteiger partial charge in [-0.2, -0.15) is 0 Å². The highest BCUT2D eigenvalue weighted by molar-refractivity contribution is 7.97. The maximum absolute atomic E-state index is 11.2. The molecule has 146 valence electrons. The van der Waals surface area contributed by atoms with Crippen molar-refractivity contribution in [2.75, 3.05) is 11.9 Å². The number of nitrogens with zero attached hydrogens (tertiary/aromatic N) is 6. The smallest absolute Gasteiger partial charge is 0.210 e. The van der Waals surface area contributed by atoms with E-state index < -0.39 is 0 Å². The third-order valence-electron chi connectivity index (χ3n) is 5.01. The second-order valence-corrected chi connectivity index (χ2v) is 8.09. The number of nitrogens with two attached hydrogens (primary N) is 1. The van der Waals surface area contributed by atoms with Gasteiger partial charge >= 0.3 is 0 Å². The molecule has 1 saturated heterocycles. The zero-order chi connectivity index (χ0) is 19.3. The Morgan fingerprint density at radius 3 is 3.04 bits per heavy atom. The normalized spacial score (nSPS) is 18.6. The van der Waals surface area contributed by atoms with Crippen LogP contribution in [0.3, 0.4) is 0 Å². The molecule has 0 saturated carbocycles. The number of tetrazole rings is 1. The third-order valence-corrected chi connectivity index (χ3v) is 5.48. The molecule has 3 N–H and O–H groups in total. The van der Waals surface area contributed by atoms with Crippen LogP contribution in [0.4, 0.5) is 5.82 Å². The van der Waals surface area contributed by atoms with Crippen LogP contribution in [0.25, 0.3) is 0 Å². The zero-order valence-corrected chi connectivity index (χ0v) is 16.5. The number of nitrogens with one attached hydrogen (secondary N) is 1. The van der Waals surface area contributed by atoms with Crippen molar-refractivity contribution in [2.45, 2.75) is 56.8 Å². The first kappa shape index (κ1) is 19.6. The monoisotopic (exact) mass is 390 g/mol. The van der Waals surface area contributed by atoms with Gasteiger partial charge in [0.1, 0.15) is 10.8 Å². The number of likely N-dealkylation sites (tertiary alicyclic amines) is 1. The van der Waals surface area contributed by atoms with Crippen molar-refractivity contribution in [3.05, 3.63) is 24.0 Å². The molecule has 2 aromatic heterocycles. The minimum atomic E-state index is -0.0420. The van der Waals surface area contributed by atoms with Gasteiger partial charge in [0, 0.05) is 18.6 Å². The maximum atomic E-state index is 11.2. The van der Waals surface area contributed by atoms with E-state index in [0.29, 0.717) is 12.5 Å². The molecule has 0 spiro atoms. The summed E-state index contributed by atoms with van der Waals surface area (Å²) < 4.78 is 1.83. The van der Waals surface area contributed by atoms with E-state index in [2.05, 4.69) is 39.7 Å². The van der Waals surface area contributed by atoms with E-state index in [1.807, 2.05) is 27.8 Å². The van der Waals surface area contributed by atoms with Crippen LogP contribution in [0.15, 0.2) is 23.2 Å². The number of aromatic nitrogens is 5. The molecule has 10 heteroatoms. The van der Waals surface area contributed by atoms with Crippen LogP contribution < -0.4 is 10.5 Å². The Balaban J connectivity index is 1.48. The summed E-state index contributed by atoms with van der Waals surface area (Å²) in [6, 6.07) is 5.64. The first-order valence-corrected chi connectivity index (χ1v) is 9.94. The summed E-state index contributed by atoms with van der Waals surface area (Å²) >= 11 is 1.11. The highest BCUT2D eigenvalue weighted by Crippen LogP contribution is 2.33. The van der Waals surface area contributed by atoms with Gasteiger partial charge in [-0.15, -0.1) is 5.10 Å². The van der Waals surface area contributed by atoms with E-state index in [4.69, 9.17) is 5.14 Å². The summed E-state index contributed by atoms with van der Waals surface area (Å²) in [6.45, 7) is 6.33. The molecule has 27 heavy (non-hydrogen) atoms. The van der Waals surface area contributed by atoms with Gasteiger partial charge in [-0.25, -0.2) is 9.67 Å². The Morgan fingerprint density at radius 1 is 1.44 bits per heavy atom. The predicted octanol–water partition coefficient (Wildman–Crippen LogP) is 1.68. The van der Waals surface area contributed by atoms with Crippen molar-refractivity contribution in [3.63, 3.8) is 0 Å². The van der Waals surface area contributed by atoms with Gasteiger partial charge in [-0.1, -0.05) is 6.07 Å². The summed E-state index contributed by atoms with van der Waals surface area (Å²) in [5, 5.41) is 21.5. The zero-order valence-electron chi connectivity index (χ0n) is 15.7. The van der Waals surface area contributed by atoms with Crippen LogP contribution in [0.2, 0.25) is 0 Å². The second kappa shape index (κ2) is 8.66. The molecule has 1 unspecified atom stereocenters. The summed E-state index contributed by atoms with van der Waals surface area (Å²) in [5.41, 5.74) is -0.0420. The summed E-state index contributed by atoms with van der Waals surface area (Å²) in [6.07, 6.45) is 4.04. The van der Waals surface area contributed by atoms with E-state index in [0.717, 1.165) is 67.4 Å². The van der Waals surface area contributed by atoms with Crippen LogP contribution in [0, 0.1) is 5.92 Å². The van der Waals surface area contributed by atoms with Crippen LogP contribution in [0.1, 0.15) is 38.9 Å². The number of hydrogen-bond donors (Lipinski definition) is 2. The fourth-order valence-corrected chi connectivity index (χ4v) is 3.90. The molecule has 1 fully saturated rings. The molecule has 0 radical (unpaired) electrons. The molecule has 1 amide bonds. The van der Waals surface area contributed by atoms with Crippen LogP contribution >= 0.6 is 11.9 Å². The Hall–Kier alpha value is -2.20. The molecule has 0 aliphatic carbocycles. The largest absolute Gasteiger partial charge is 0.363 e. The fourth-order valence-electron chi connectivity index (χ4n) is 3.59. The van der Waals surface area contributed by atoms with E-state index in [1.54, 1.807) is 0 Å². The minimum absolute atomic E-state index is 0.0420. The third kappa shape index (κ3) is 4.95. The van der Waals surface area contributed by atoms with Crippen molar-refractivity contribution >= 4 is 24.2 Å². The van der Waals surface area contributed by atoms with Crippen molar-refractivity contribution < 1.29 is 4.79 Å². The molecule has 3 rings (SSSR count). The summed E-state index contributed by atoms with van der Waals surface area (Å²) in [5.74, 6) is 2.04.